The number of H-pyrrole nitrogens is 1. The van der Waals surface area contributed by atoms with Crippen molar-refractivity contribution in [3.63, 3.8) is 0 Å². The van der Waals surface area contributed by atoms with Gasteiger partial charge in [-0.15, -0.1) is 0 Å². The second-order valence-electron chi connectivity index (χ2n) is 7.86. The zero-order chi connectivity index (χ0) is 22.8. The first-order valence-corrected chi connectivity index (χ1v) is 11.0. The molecule has 1 aliphatic heterocycles. The number of fused-ring (bicyclic) bond motifs is 1. The third-order valence-electron chi connectivity index (χ3n) is 5.24. The van der Waals surface area contributed by atoms with Gasteiger partial charge in [0.2, 0.25) is 0 Å². The molecule has 1 aliphatic rings. The smallest absolute Gasteiger partial charge is 0.280 e. The summed E-state index contributed by atoms with van der Waals surface area (Å²) in [6, 6.07) is 14.3. The number of aromatic amines is 1. The van der Waals surface area contributed by atoms with Crippen LogP contribution in [0.15, 0.2) is 58.0 Å². The topological polar surface area (TPSA) is 97.8 Å². The molecule has 2 heterocycles. The predicted octanol–water partition coefficient (Wildman–Crippen LogP) is 3.82. The third-order valence-corrected chi connectivity index (χ3v) is 5.77. The molecule has 0 atom stereocenters. The molecule has 1 aromatic heterocycles. The number of carbonyl (C=O) groups is 2. The lowest BCUT2D eigenvalue weighted by molar-refractivity contribution is 0.0951. The maximum atomic E-state index is 12.8. The summed E-state index contributed by atoms with van der Waals surface area (Å²) in [6.07, 6.45) is 0.848. The van der Waals surface area contributed by atoms with Crippen LogP contribution in [-0.2, 0) is 0 Å². The van der Waals surface area contributed by atoms with E-state index in [1.54, 1.807) is 24.3 Å². The summed E-state index contributed by atoms with van der Waals surface area (Å²) in [7, 11) is 3.98. The normalized spacial score (nSPS) is 12.8. The van der Waals surface area contributed by atoms with E-state index in [-0.39, 0.29) is 11.8 Å². The number of nitrogens with one attached hydrogen (secondary N) is 2. The molecule has 7 nitrogen and oxygen atoms in total. The quantitative estimate of drug-likeness (QED) is 0.434. The summed E-state index contributed by atoms with van der Waals surface area (Å²) in [4.78, 5) is 34.5. The van der Waals surface area contributed by atoms with E-state index in [4.69, 9.17) is 0 Å². The Morgan fingerprint density at radius 2 is 1.88 bits per heavy atom. The zero-order valence-corrected chi connectivity index (χ0v) is 19.4. The van der Waals surface area contributed by atoms with Crippen molar-refractivity contribution in [2.24, 2.45) is 4.99 Å². The molecule has 164 valence electrons. The average molecular weight is 495 g/mol. The van der Waals surface area contributed by atoms with Crippen LogP contribution in [0.5, 0.6) is 5.88 Å². The standard InChI is InChI=1S/C24H23BrN4O3/c1-29(2)12-4-11-26-22(30)16-6-3-5-15(13-16)21-19-18(23(31)28-21)20(27-24(19)32)14-7-9-17(25)10-8-14/h3,5-10,13,28,31H,4,11-12H2,1-2H3,(H,26,30). The molecule has 0 aliphatic carbocycles. The highest BCUT2D eigenvalue weighted by atomic mass is 79.9. The predicted molar refractivity (Wildman–Crippen MR) is 128 cm³/mol. The number of nitrogens with zero attached hydrogens (tertiary/aromatic N) is 2. The highest BCUT2D eigenvalue weighted by molar-refractivity contribution is 9.10. The van der Waals surface area contributed by atoms with Crippen LogP contribution in [0, 0.1) is 0 Å². The van der Waals surface area contributed by atoms with Crippen LogP contribution < -0.4 is 5.32 Å². The van der Waals surface area contributed by atoms with Crippen molar-refractivity contribution in [2.75, 3.05) is 27.2 Å². The Kier molecular flexibility index (Phi) is 6.25. The molecule has 3 N–H and O–H groups in total. The summed E-state index contributed by atoms with van der Waals surface area (Å²) in [5.41, 5.74) is 3.40. The van der Waals surface area contributed by atoms with Crippen LogP contribution in [0.1, 0.15) is 38.3 Å². The molecule has 0 radical (unpaired) electrons. The molecule has 0 spiro atoms. The van der Waals surface area contributed by atoms with Gasteiger partial charge in [-0.2, -0.15) is 0 Å². The van der Waals surface area contributed by atoms with E-state index in [0.29, 0.717) is 40.2 Å². The Morgan fingerprint density at radius 1 is 1.12 bits per heavy atom. The first-order chi connectivity index (χ1) is 15.3. The number of aromatic hydroxyl groups is 1. The second kappa shape index (κ2) is 9.10. The molecule has 3 aromatic rings. The molecule has 0 saturated carbocycles. The molecule has 0 unspecified atom stereocenters. The fraction of sp³-hybridized carbons (Fsp3) is 0.208. The highest BCUT2D eigenvalue weighted by Crippen LogP contribution is 2.38. The number of benzene rings is 2. The molecule has 32 heavy (non-hydrogen) atoms. The molecular weight excluding hydrogens is 472 g/mol. The van der Waals surface area contributed by atoms with Gasteiger partial charge >= 0.3 is 0 Å². The minimum atomic E-state index is -0.428. The van der Waals surface area contributed by atoms with E-state index >= 15 is 0 Å². The number of aromatic nitrogens is 1. The van der Waals surface area contributed by atoms with Crippen molar-refractivity contribution in [1.82, 2.24) is 15.2 Å². The summed E-state index contributed by atoms with van der Waals surface area (Å²) in [5.74, 6) is -0.736. The Bertz CT molecular complexity index is 1210. The molecule has 0 saturated heterocycles. The number of rotatable bonds is 7. The van der Waals surface area contributed by atoms with Gasteiger partial charge in [-0.3, -0.25) is 9.59 Å². The monoisotopic (exact) mass is 494 g/mol. The van der Waals surface area contributed by atoms with Gasteiger partial charge in [0.1, 0.15) is 0 Å². The lowest BCUT2D eigenvalue weighted by Crippen LogP contribution is -2.27. The van der Waals surface area contributed by atoms with Crippen LogP contribution in [-0.4, -0.2) is 59.7 Å². The SMILES string of the molecule is CN(C)CCCNC(=O)c1cccc(-c2[nH]c(O)c3c2C(=O)N=C3c2ccc(Br)cc2)c1. The number of amides is 2. The van der Waals surface area contributed by atoms with Gasteiger partial charge in [-0.25, -0.2) is 4.99 Å². The molecular formula is C24H23BrN4O3. The lowest BCUT2D eigenvalue weighted by atomic mass is 9.99. The maximum Gasteiger partial charge on any atom is 0.280 e. The zero-order valence-electron chi connectivity index (χ0n) is 17.8. The van der Waals surface area contributed by atoms with Crippen LogP contribution in [0.25, 0.3) is 11.3 Å². The Morgan fingerprint density at radius 3 is 2.59 bits per heavy atom. The van der Waals surface area contributed by atoms with Gasteiger partial charge in [0, 0.05) is 22.1 Å². The van der Waals surface area contributed by atoms with Gasteiger partial charge in [-0.1, -0.05) is 40.2 Å². The first-order valence-electron chi connectivity index (χ1n) is 10.2. The maximum absolute atomic E-state index is 12.8. The van der Waals surface area contributed by atoms with E-state index in [1.165, 1.54) is 0 Å². The summed E-state index contributed by atoms with van der Waals surface area (Å²) >= 11 is 3.39. The molecule has 0 bridgehead atoms. The van der Waals surface area contributed by atoms with E-state index in [1.807, 2.05) is 38.4 Å². The second-order valence-corrected chi connectivity index (χ2v) is 8.78. The van der Waals surface area contributed by atoms with Gasteiger partial charge in [0.05, 0.1) is 22.5 Å². The molecule has 4 rings (SSSR count). The van der Waals surface area contributed by atoms with Crippen molar-refractivity contribution in [3.05, 3.63) is 75.3 Å². The van der Waals surface area contributed by atoms with Gasteiger partial charge in [0.15, 0.2) is 5.88 Å². The summed E-state index contributed by atoms with van der Waals surface area (Å²) in [6.45, 7) is 1.46. The Balaban J connectivity index is 1.62. The van der Waals surface area contributed by atoms with Crippen molar-refractivity contribution in [1.29, 1.82) is 0 Å². The van der Waals surface area contributed by atoms with Crippen LogP contribution >= 0.6 is 15.9 Å². The van der Waals surface area contributed by atoms with Gasteiger partial charge in [0.25, 0.3) is 11.8 Å². The van der Waals surface area contributed by atoms with E-state index < -0.39 is 5.91 Å². The minimum absolute atomic E-state index is 0.124. The average Bonchev–Trinajstić information content (AvgIpc) is 3.30. The third kappa shape index (κ3) is 4.37. The number of hydrogen-bond donors (Lipinski definition) is 3. The number of hydrogen-bond acceptors (Lipinski definition) is 4. The Labute approximate surface area is 194 Å². The van der Waals surface area contributed by atoms with Crippen molar-refractivity contribution < 1.29 is 14.7 Å². The van der Waals surface area contributed by atoms with Crippen LogP contribution in [0.2, 0.25) is 0 Å². The number of halogens is 1. The summed E-state index contributed by atoms with van der Waals surface area (Å²) < 4.78 is 0.905. The minimum Gasteiger partial charge on any atom is -0.494 e. The first kappa shape index (κ1) is 22.0. The largest absolute Gasteiger partial charge is 0.494 e. The van der Waals surface area contributed by atoms with Crippen molar-refractivity contribution in [2.45, 2.75) is 6.42 Å². The van der Waals surface area contributed by atoms with Gasteiger partial charge < -0.3 is 20.3 Å². The highest BCUT2D eigenvalue weighted by Gasteiger charge is 2.33. The lowest BCUT2D eigenvalue weighted by Gasteiger charge is -2.10. The molecule has 8 heteroatoms. The molecule has 2 amide bonds. The summed E-state index contributed by atoms with van der Waals surface area (Å²) in [5, 5.41) is 13.5. The van der Waals surface area contributed by atoms with E-state index in [2.05, 4.69) is 36.1 Å². The molecule has 2 aromatic carbocycles. The molecule has 0 fully saturated rings. The van der Waals surface area contributed by atoms with Crippen molar-refractivity contribution >= 4 is 33.5 Å². The number of aliphatic imine (C=N–C) groups is 1. The van der Waals surface area contributed by atoms with Crippen molar-refractivity contribution in [3.8, 4) is 17.1 Å². The number of carbonyl (C=O) groups excluding carboxylic acids is 2. The fourth-order valence-electron chi connectivity index (χ4n) is 3.69. The Hall–Kier alpha value is -3.23. The van der Waals surface area contributed by atoms with Crippen LogP contribution in [0.3, 0.4) is 0 Å². The van der Waals surface area contributed by atoms with E-state index in [9.17, 15) is 14.7 Å². The van der Waals surface area contributed by atoms with Crippen LogP contribution in [0.4, 0.5) is 0 Å². The van der Waals surface area contributed by atoms with Gasteiger partial charge in [-0.05, 0) is 56.9 Å². The van der Waals surface area contributed by atoms with E-state index in [0.717, 1.165) is 23.0 Å². The fourth-order valence-corrected chi connectivity index (χ4v) is 3.96.